The fourth-order valence-corrected chi connectivity index (χ4v) is 3.09. The molecule has 1 aliphatic rings. The van der Waals surface area contributed by atoms with Gasteiger partial charge in [-0.1, -0.05) is 43.0 Å². The number of carbonyl (C=O) groups is 1. The Morgan fingerprint density at radius 1 is 1.35 bits per heavy atom. The highest BCUT2D eigenvalue weighted by molar-refractivity contribution is 6.31. The Bertz CT molecular complexity index is 488. The summed E-state index contributed by atoms with van der Waals surface area (Å²) in [5.41, 5.74) is 2.18. The van der Waals surface area contributed by atoms with Gasteiger partial charge in [-0.25, -0.2) is 4.79 Å². The SMILES string of the molecule is CCOC(=O)C=Cc1ccc(C2CCCCC2)c(Cl)c1. The van der Waals surface area contributed by atoms with E-state index in [1.165, 1.54) is 43.7 Å². The van der Waals surface area contributed by atoms with E-state index in [4.69, 9.17) is 16.3 Å². The number of esters is 1. The average Bonchev–Trinajstić information content (AvgIpc) is 2.46. The summed E-state index contributed by atoms with van der Waals surface area (Å²) in [6.07, 6.45) is 9.59. The molecule has 1 aromatic carbocycles. The molecule has 108 valence electrons. The molecule has 0 heterocycles. The van der Waals surface area contributed by atoms with Crippen LogP contribution in [0.25, 0.3) is 6.08 Å². The minimum Gasteiger partial charge on any atom is -0.463 e. The molecule has 0 bridgehead atoms. The van der Waals surface area contributed by atoms with Crippen LogP contribution >= 0.6 is 11.6 Å². The van der Waals surface area contributed by atoms with Crippen LogP contribution < -0.4 is 0 Å². The number of carbonyl (C=O) groups excluding carboxylic acids is 1. The summed E-state index contributed by atoms with van der Waals surface area (Å²) < 4.78 is 4.85. The number of rotatable bonds is 4. The molecule has 0 amide bonds. The van der Waals surface area contributed by atoms with E-state index in [9.17, 15) is 4.79 Å². The number of halogens is 1. The van der Waals surface area contributed by atoms with Gasteiger partial charge >= 0.3 is 5.97 Å². The molecule has 0 unspecified atom stereocenters. The smallest absolute Gasteiger partial charge is 0.330 e. The van der Waals surface area contributed by atoms with Crippen molar-refractivity contribution >= 4 is 23.6 Å². The van der Waals surface area contributed by atoms with Gasteiger partial charge in [0.05, 0.1) is 6.61 Å². The summed E-state index contributed by atoms with van der Waals surface area (Å²) >= 11 is 6.39. The molecule has 1 saturated carbocycles. The standard InChI is InChI=1S/C17H21ClO2/c1-2-20-17(19)11-9-13-8-10-15(16(18)12-13)14-6-4-3-5-7-14/h8-12,14H,2-7H2,1H3. The van der Waals surface area contributed by atoms with Crippen LogP contribution in [0, 0.1) is 0 Å². The molecule has 0 atom stereocenters. The number of hydrogen-bond acceptors (Lipinski definition) is 2. The minimum atomic E-state index is -0.319. The van der Waals surface area contributed by atoms with Crippen molar-refractivity contribution in [2.45, 2.75) is 44.9 Å². The Labute approximate surface area is 125 Å². The lowest BCUT2D eigenvalue weighted by molar-refractivity contribution is -0.137. The topological polar surface area (TPSA) is 26.3 Å². The third-order valence-electron chi connectivity index (χ3n) is 3.77. The van der Waals surface area contributed by atoms with Crippen molar-refractivity contribution < 1.29 is 9.53 Å². The molecular weight excluding hydrogens is 272 g/mol. The maximum Gasteiger partial charge on any atom is 0.330 e. The predicted octanol–water partition coefficient (Wildman–Crippen LogP) is 4.96. The molecule has 3 heteroatoms. The summed E-state index contributed by atoms with van der Waals surface area (Å²) in [6.45, 7) is 2.19. The zero-order valence-corrected chi connectivity index (χ0v) is 12.7. The number of benzene rings is 1. The lowest BCUT2D eigenvalue weighted by atomic mass is 9.84. The van der Waals surface area contributed by atoms with Gasteiger partial charge < -0.3 is 4.74 Å². The van der Waals surface area contributed by atoms with Crippen LogP contribution in [0.15, 0.2) is 24.3 Å². The zero-order chi connectivity index (χ0) is 14.4. The first-order valence-electron chi connectivity index (χ1n) is 7.35. The molecule has 0 radical (unpaired) electrons. The molecular formula is C17H21ClO2. The normalized spacial score (nSPS) is 16.5. The van der Waals surface area contributed by atoms with Crippen molar-refractivity contribution in [2.24, 2.45) is 0 Å². The Morgan fingerprint density at radius 3 is 2.75 bits per heavy atom. The largest absolute Gasteiger partial charge is 0.463 e. The summed E-state index contributed by atoms with van der Waals surface area (Å²) in [5, 5.41) is 0.808. The van der Waals surface area contributed by atoms with Crippen molar-refractivity contribution in [2.75, 3.05) is 6.61 Å². The van der Waals surface area contributed by atoms with Crippen molar-refractivity contribution in [3.05, 3.63) is 40.4 Å². The van der Waals surface area contributed by atoms with Gasteiger partial charge in [0.1, 0.15) is 0 Å². The average molecular weight is 293 g/mol. The van der Waals surface area contributed by atoms with Gasteiger partial charge in [-0.05, 0) is 49.0 Å². The van der Waals surface area contributed by atoms with Gasteiger partial charge in [0.15, 0.2) is 0 Å². The van der Waals surface area contributed by atoms with E-state index in [0.717, 1.165) is 10.6 Å². The molecule has 0 spiro atoms. The van der Waals surface area contributed by atoms with Gasteiger partial charge in [-0.2, -0.15) is 0 Å². The fourth-order valence-electron chi connectivity index (χ4n) is 2.75. The first kappa shape index (κ1) is 15.1. The van der Waals surface area contributed by atoms with Crippen LogP contribution in [0.4, 0.5) is 0 Å². The maximum absolute atomic E-state index is 11.3. The van der Waals surface area contributed by atoms with E-state index >= 15 is 0 Å². The van der Waals surface area contributed by atoms with E-state index in [2.05, 4.69) is 6.07 Å². The van der Waals surface area contributed by atoms with Gasteiger partial charge in [0.25, 0.3) is 0 Å². The van der Waals surface area contributed by atoms with Crippen LogP contribution in [-0.2, 0) is 9.53 Å². The van der Waals surface area contributed by atoms with Crippen molar-refractivity contribution in [1.29, 1.82) is 0 Å². The van der Waals surface area contributed by atoms with Crippen molar-refractivity contribution in [1.82, 2.24) is 0 Å². The van der Waals surface area contributed by atoms with E-state index in [1.54, 1.807) is 13.0 Å². The summed E-state index contributed by atoms with van der Waals surface area (Å²) in [6, 6.07) is 6.05. The number of hydrogen-bond donors (Lipinski definition) is 0. The van der Waals surface area contributed by atoms with Gasteiger partial charge in [-0.3, -0.25) is 0 Å². The fraction of sp³-hybridized carbons (Fsp3) is 0.471. The second-order valence-electron chi connectivity index (χ2n) is 5.20. The van der Waals surface area contributed by atoms with Crippen LogP contribution in [0.5, 0.6) is 0 Å². The molecule has 20 heavy (non-hydrogen) atoms. The molecule has 1 aromatic rings. The Kier molecular flexibility index (Phi) is 5.66. The third-order valence-corrected chi connectivity index (χ3v) is 4.10. The van der Waals surface area contributed by atoms with Gasteiger partial charge in [0, 0.05) is 11.1 Å². The Morgan fingerprint density at radius 2 is 2.10 bits per heavy atom. The van der Waals surface area contributed by atoms with E-state index in [-0.39, 0.29) is 5.97 Å². The Balaban J connectivity index is 2.07. The quantitative estimate of drug-likeness (QED) is 0.579. The lowest BCUT2D eigenvalue weighted by Gasteiger charge is -2.23. The van der Waals surface area contributed by atoms with E-state index in [0.29, 0.717) is 12.5 Å². The molecule has 0 aromatic heterocycles. The predicted molar refractivity (Wildman–Crippen MR) is 82.9 cm³/mol. The van der Waals surface area contributed by atoms with E-state index < -0.39 is 0 Å². The third kappa shape index (κ3) is 4.11. The molecule has 0 saturated heterocycles. The monoisotopic (exact) mass is 292 g/mol. The van der Waals surface area contributed by atoms with Crippen LogP contribution in [0.3, 0.4) is 0 Å². The molecule has 2 rings (SSSR count). The Hall–Kier alpha value is -1.28. The van der Waals surface area contributed by atoms with Gasteiger partial charge in [-0.15, -0.1) is 0 Å². The molecule has 0 aliphatic heterocycles. The molecule has 1 aliphatic carbocycles. The van der Waals surface area contributed by atoms with Crippen LogP contribution in [0.1, 0.15) is 56.1 Å². The summed E-state index contributed by atoms with van der Waals surface area (Å²) in [7, 11) is 0. The highest BCUT2D eigenvalue weighted by Gasteiger charge is 2.17. The second kappa shape index (κ2) is 7.49. The van der Waals surface area contributed by atoms with Gasteiger partial charge in [0.2, 0.25) is 0 Å². The van der Waals surface area contributed by atoms with Crippen LogP contribution in [0.2, 0.25) is 5.02 Å². The lowest BCUT2D eigenvalue weighted by Crippen LogP contribution is -2.05. The summed E-state index contributed by atoms with van der Waals surface area (Å²) in [4.78, 5) is 11.3. The molecule has 2 nitrogen and oxygen atoms in total. The first-order chi connectivity index (χ1) is 9.70. The number of ether oxygens (including phenoxy) is 1. The minimum absolute atomic E-state index is 0.319. The summed E-state index contributed by atoms with van der Waals surface area (Å²) in [5.74, 6) is 0.277. The van der Waals surface area contributed by atoms with Crippen molar-refractivity contribution in [3.63, 3.8) is 0 Å². The maximum atomic E-state index is 11.3. The zero-order valence-electron chi connectivity index (χ0n) is 11.9. The van der Waals surface area contributed by atoms with Crippen LogP contribution in [-0.4, -0.2) is 12.6 Å². The first-order valence-corrected chi connectivity index (χ1v) is 7.72. The van der Waals surface area contributed by atoms with E-state index in [1.807, 2.05) is 12.1 Å². The highest BCUT2D eigenvalue weighted by Crippen LogP contribution is 2.36. The molecule has 0 N–H and O–H groups in total. The van der Waals surface area contributed by atoms with Crippen molar-refractivity contribution in [3.8, 4) is 0 Å². The highest BCUT2D eigenvalue weighted by atomic mass is 35.5. The molecule has 1 fully saturated rings. The second-order valence-corrected chi connectivity index (χ2v) is 5.61.